The second-order valence-corrected chi connectivity index (χ2v) is 5.96. The van der Waals surface area contributed by atoms with E-state index in [1.54, 1.807) is 0 Å². The fraction of sp³-hybridized carbons (Fsp3) is 0.857. The zero-order valence-electron chi connectivity index (χ0n) is 11.9. The highest BCUT2D eigenvalue weighted by Gasteiger charge is 2.23. The summed E-state index contributed by atoms with van der Waals surface area (Å²) in [5.41, 5.74) is 1.07. The Hall–Kier alpha value is -0.940. The monoisotopic (exact) mass is 263 g/mol. The zero-order chi connectivity index (χ0) is 13.1. The lowest BCUT2D eigenvalue weighted by Gasteiger charge is -2.19. The number of nitrogens with one attached hydrogen (secondary N) is 1. The fourth-order valence-corrected chi connectivity index (χ4v) is 2.35. The van der Waals surface area contributed by atoms with Gasteiger partial charge in [0.05, 0.1) is 12.2 Å². The van der Waals surface area contributed by atoms with Crippen LogP contribution in [0.5, 0.6) is 0 Å². The van der Waals surface area contributed by atoms with E-state index >= 15 is 0 Å². The largest absolute Gasteiger partial charge is 0.308 e. The maximum Gasteiger partial charge on any atom is 0.0964 e. The molecule has 0 radical (unpaired) electrons. The molecule has 3 rings (SSSR count). The van der Waals surface area contributed by atoms with Crippen molar-refractivity contribution in [2.24, 2.45) is 5.92 Å². The predicted molar refractivity (Wildman–Crippen MR) is 74.7 cm³/mol. The summed E-state index contributed by atoms with van der Waals surface area (Å²) in [7, 11) is 0. The van der Waals surface area contributed by atoms with Crippen LogP contribution in [0.4, 0.5) is 0 Å². The summed E-state index contributed by atoms with van der Waals surface area (Å²) in [5.74, 6) is 0.967. The van der Waals surface area contributed by atoms with Crippen molar-refractivity contribution in [3.63, 3.8) is 0 Å². The van der Waals surface area contributed by atoms with Gasteiger partial charge in [-0.05, 0) is 38.1 Å². The Morgan fingerprint density at radius 3 is 2.89 bits per heavy atom. The highest BCUT2D eigenvalue weighted by molar-refractivity contribution is 4.94. The molecule has 2 aliphatic carbocycles. The number of rotatable bonds is 9. The quantitative estimate of drug-likeness (QED) is 0.728. The summed E-state index contributed by atoms with van der Waals surface area (Å²) in [5, 5.41) is 11.9. The van der Waals surface area contributed by atoms with Gasteiger partial charge in [-0.1, -0.05) is 12.1 Å². The van der Waals surface area contributed by atoms with E-state index in [4.69, 9.17) is 0 Å². The highest BCUT2D eigenvalue weighted by Crippen LogP contribution is 2.29. The minimum Gasteiger partial charge on any atom is -0.308 e. The van der Waals surface area contributed by atoms with Gasteiger partial charge >= 0.3 is 0 Å². The van der Waals surface area contributed by atoms with Crippen LogP contribution in [0.25, 0.3) is 0 Å². The lowest BCUT2D eigenvalue weighted by atomic mass is 10.3. The van der Waals surface area contributed by atoms with Crippen LogP contribution in [-0.4, -0.2) is 45.6 Å². The smallest absolute Gasteiger partial charge is 0.0964 e. The maximum atomic E-state index is 4.22. The molecule has 1 aromatic heterocycles. The van der Waals surface area contributed by atoms with E-state index < -0.39 is 0 Å². The number of hydrogen-bond donors (Lipinski definition) is 1. The molecule has 0 amide bonds. The second-order valence-electron chi connectivity index (χ2n) is 5.96. The Bertz CT molecular complexity index is 394. The van der Waals surface area contributed by atoms with Crippen molar-refractivity contribution in [3.8, 4) is 0 Å². The van der Waals surface area contributed by atoms with Gasteiger partial charge in [-0.25, -0.2) is 0 Å². The van der Waals surface area contributed by atoms with Gasteiger partial charge in [-0.3, -0.25) is 4.68 Å². The first-order valence-corrected chi connectivity index (χ1v) is 7.68. The van der Waals surface area contributed by atoms with Crippen LogP contribution in [0.1, 0.15) is 38.3 Å². The predicted octanol–water partition coefficient (Wildman–Crippen LogP) is 1.26. The molecule has 2 fully saturated rings. The van der Waals surface area contributed by atoms with Crippen LogP contribution >= 0.6 is 0 Å². The first kappa shape index (κ1) is 13.1. The molecule has 1 aromatic rings. The zero-order valence-corrected chi connectivity index (χ0v) is 11.9. The Balaban J connectivity index is 1.40. The Labute approximate surface area is 115 Å². The second kappa shape index (κ2) is 6.01. The van der Waals surface area contributed by atoms with Gasteiger partial charge < -0.3 is 10.2 Å². The third kappa shape index (κ3) is 4.28. The molecule has 2 aliphatic rings. The highest BCUT2D eigenvalue weighted by atomic mass is 15.4. The van der Waals surface area contributed by atoms with Gasteiger partial charge in [0, 0.05) is 31.9 Å². The maximum absolute atomic E-state index is 4.22. The van der Waals surface area contributed by atoms with Crippen LogP contribution in [0, 0.1) is 5.92 Å². The van der Waals surface area contributed by atoms with Crippen molar-refractivity contribution in [2.75, 3.05) is 19.6 Å². The third-order valence-corrected chi connectivity index (χ3v) is 4.04. The van der Waals surface area contributed by atoms with E-state index in [2.05, 4.69) is 33.6 Å². The fourth-order valence-electron chi connectivity index (χ4n) is 2.35. The summed E-state index contributed by atoms with van der Waals surface area (Å²) in [6.07, 6.45) is 7.58. The molecular weight excluding hydrogens is 238 g/mol. The molecule has 0 bridgehead atoms. The molecule has 0 saturated heterocycles. The number of likely N-dealkylation sites (N-methyl/N-ethyl adjacent to an activating group) is 1. The molecule has 0 aliphatic heterocycles. The van der Waals surface area contributed by atoms with Gasteiger partial charge in [0.15, 0.2) is 0 Å². The van der Waals surface area contributed by atoms with Crippen molar-refractivity contribution in [2.45, 2.75) is 51.7 Å². The average Bonchev–Trinajstić information content (AvgIpc) is 3.34. The average molecular weight is 263 g/mol. The van der Waals surface area contributed by atoms with Crippen molar-refractivity contribution in [1.82, 2.24) is 25.2 Å². The van der Waals surface area contributed by atoms with Crippen LogP contribution in [-0.2, 0) is 13.1 Å². The summed E-state index contributed by atoms with van der Waals surface area (Å²) in [6.45, 7) is 7.56. The van der Waals surface area contributed by atoms with E-state index in [-0.39, 0.29) is 0 Å². The Morgan fingerprint density at radius 2 is 2.21 bits per heavy atom. The number of aromatic nitrogens is 3. The van der Waals surface area contributed by atoms with Crippen molar-refractivity contribution in [3.05, 3.63) is 11.9 Å². The molecule has 19 heavy (non-hydrogen) atoms. The van der Waals surface area contributed by atoms with Crippen molar-refractivity contribution >= 4 is 0 Å². The van der Waals surface area contributed by atoms with E-state index in [9.17, 15) is 0 Å². The van der Waals surface area contributed by atoms with Crippen LogP contribution < -0.4 is 5.32 Å². The summed E-state index contributed by atoms with van der Waals surface area (Å²) in [6, 6.07) is 0.735. The normalized spacial score (nSPS) is 19.3. The minimum absolute atomic E-state index is 0.735. The molecule has 0 unspecified atom stereocenters. The van der Waals surface area contributed by atoms with Crippen LogP contribution in [0.15, 0.2) is 6.20 Å². The number of hydrogen-bond acceptors (Lipinski definition) is 4. The van der Waals surface area contributed by atoms with Gasteiger partial charge in [0.25, 0.3) is 0 Å². The molecular formula is C14H25N5. The van der Waals surface area contributed by atoms with E-state index in [1.807, 2.05) is 4.68 Å². The molecule has 5 heteroatoms. The molecule has 0 spiro atoms. The number of nitrogens with zero attached hydrogens (tertiary/aromatic N) is 4. The van der Waals surface area contributed by atoms with Gasteiger partial charge in [0.2, 0.25) is 0 Å². The van der Waals surface area contributed by atoms with Crippen molar-refractivity contribution in [1.29, 1.82) is 0 Å². The Kier molecular flexibility index (Phi) is 4.13. The molecule has 2 saturated carbocycles. The SMILES string of the molecule is CCN(CCn1cc(CNC2CC2)nn1)CC1CC1. The minimum atomic E-state index is 0.735. The van der Waals surface area contributed by atoms with E-state index in [1.165, 1.54) is 32.2 Å². The lowest BCUT2D eigenvalue weighted by molar-refractivity contribution is 0.260. The summed E-state index contributed by atoms with van der Waals surface area (Å²) < 4.78 is 1.99. The molecule has 1 N–H and O–H groups in total. The van der Waals surface area contributed by atoms with Gasteiger partial charge in [0.1, 0.15) is 0 Å². The lowest BCUT2D eigenvalue weighted by Crippen LogP contribution is -2.29. The van der Waals surface area contributed by atoms with E-state index in [0.29, 0.717) is 0 Å². The molecule has 1 heterocycles. The Morgan fingerprint density at radius 1 is 1.37 bits per heavy atom. The van der Waals surface area contributed by atoms with E-state index in [0.717, 1.165) is 43.8 Å². The van der Waals surface area contributed by atoms with Crippen LogP contribution in [0.2, 0.25) is 0 Å². The summed E-state index contributed by atoms with van der Waals surface area (Å²) in [4.78, 5) is 2.53. The molecule has 0 aromatic carbocycles. The van der Waals surface area contributed by atoms with Crippen LogP contribution in [0.3, 0.4) is 0 Å². The third-order valence-electron chi connectivity index (χ3n) is 4.04. The molecule has 0 atom stereocenters. The van der Waals surface area contributed by atoms with Gasteiger partial charge in [-0.2, -0.15) is 0 Å². The first-order valence-electron chi connectivity index (χ1n) is 7.68. The van der Waals surface area contributed by atoms with Crippen molar-refractivity contribution < 1.29 is 0 Å². The van der Waals surface area contributed by atoms with Gasteiger partial charge in [-0.15, -0.1) is 5.10 Å². The topological polar surface area (TPSA) is 46.0 Å². The molecule has 5 nitrogen and oxygen atoms in total. The molecule has 106 valence electrons. The first-order chi connectivity index (χ1) is 9.33. The standard InChI is InChI=1S/C14H25N5/c1-2-18(10-12-3-4-12)7-8-19-11-14(16-17-19)9-15-13-5-6-13/h11-13,15H,2-10H2,1H3. The summed E-state index contributed by atoms with van der Waals surface area (Å²) >= 11 is 0.